The summed E-state index contributed by atoms with van der Waals surface area (Å²) >= 11 is 0. The zero-order valence-electron chi connectivity index (χ0n) is 7.15. The average molecular weight is 196 g/mol. The van der Waals surface area contributed by atoms with E-state index < -0.39 is 11.6 Å². The van der Waals surface area contributed by atoms with Gasteiger partial charge < -0.3 is 15.3 Å². The van der Waals surface area contributed by atoms with Crippen molar-refractivity contribution in [1.29, 1.82) is 0 Å². The second-order valence-electron chi connectivity index (χ2n) is 2.37. The summed E-state index contributed by atoms with van der Waals surface area (Å²) in [5, 5.41) is 5.68. The summed E-state index contributed by atoms with van der Waals surface area (Å²) in [7, 11) is 0. The number of hydrogen-bond donors (Lipinski definition) is 3. The van der Waals surface area contributed by atoms with Crippen molar-refractivity contribution in [3.63, 3.8) is 0 Å². The number of hydrogen-bond acceptors (Lipinski definition) is 3. The van der Waals surface area contributed by atoms with Gasteiger partial charge in [0.2, 0.25) is 0 Å². The highest BCUT2D eigenvalue weighted by Gasteiger charge is 2.05. The number of H-pyrrole nitrogens is 2. The lowest BCUT2D eigenvalue weighted by atomic mass is 10.4. The number of azide groups is 1. The van der Waals surface area contributed by atoms with E-state index in [0.29, 0.717) is 0 Å². The summed E-state index contributed by atoms with van der Waals surface area (Å²) in [4.78, 5) is 28.9. The predicted molar refractivity (Wildman–Crippen MR) is 47.8 cm³/mol. The number of aromatic amines is 2. The summed E-state index contributed by atoms with van der Waals surface area (Å²) in [6, 6.07) is 0. The van der Waals surface area contributed by atoms with Crippen LogP contribution in [0.3, 0.4) is 0 Å². The van der Waals surface area contributed by atoms with E-state index in [4.69, 9.17) is 5.53 Å². The molecule has 0 aromatic carbocycles. The molecule has 74 valence electrons. The van der Waals surface area contributed by atoms with Crippen molar-refractivity contribution in [2.75, 3.05) is 13.1 Å². The van der Waals surface area contributed by atoms with Crippen molar-refractivity contribution in [3.05, 3.63) is 32.8 Å². The first kappa shape index (κ1) is 9.87. The minimum atomic E-state index is -0.440. The van der Waals surface area contributed by atoms with Gasteiger partial charge in [-0.25, -0.2) is 4.79 Å². The van der Waals surface area contributed by atoms with Crippen LogP contribution in [0.25, 0.3) is 10.4 Å². The van der Waals surface area contributed by atoms with Gasteiger partial charge in [-0.05, 0) is 5.53 Å². The molecule has 1 amide bonds. The van der Waals surface area contributed by atoms with Crippen LogP contribution in [0.15, 0.2) is 16.1 Å². The van der Waals surface area contributed by atoms with Gasteiger partial charge in [0.25, 0.3) is 5.91 Å². The van der Waals surface area contributed by atoms with E-state index in [2.05, 4.69) is 25.3 Å². The molecule has 0 aliphatic heterocycles. The highest BCUT2D eigenvalue weighted by molar-refractivity contribution is 5.91. The summed E-state index contributed by atoms with van der Waals surface area (Å²) < 4.78 is 0. The molecule has 0 saturated carbocycles. The Morgan fingerprint density at radius 1 is 1.71 bits per heavy atom. The molecule has 1 rings (SSSR count). The topological polar surface area (TPSA) is 127 Å². The molecule has 0 aliphatic carbocycles. The number of carbonyl (C=O) groups is 1. The fourth-order valence-electron chi connectivity index (χ4n) is 0.814. The molecule has 1 aromatic rings. The third-order valence-corrected chi connectivity index (χ3v) is 1.40. The Labute approximate surface area is 78.0 Å². The van der Waals surface area contributed by atoms with Crippen molar-refractivity contribution >= 4 is 5.91 Å². The second kappa shape index (κ2) is 4.73. The van der Waals surface area contributed by atoms with E-state index in [9.17, 15) is 9.59 Å². The van der Waals surface area contributed by atoms with Gasteiger partial charge >= 0.3 is 5.69 Å². The van der Waals surface area contributed by atoms with E-state index in [0.717, 1.165) is 0 Å². The molecule has 8 heteroatoms. The van der Waals surface area contributed by atoms with Gasteiger partial charge in [-0.3, -0.25) is 4.79 Å². The minimum absolute atomic E-state index is 0.149. The number of nitrogens with one attached hydrogen (secondary N) is 3. The third-order valence-electron chi connectivity index (χ3n) is 1.40. The summed E-state index contributed by atoms with van der Waals surface area (Å²) in [6.45, 7) is 0.410. The van der Waals surface area contributed by atoms with E-state index >= 15 is 0 Å². The molecule has 1 heterocycles. The molecule has 0 spiro atoms. The van der Waals surface area contributed by atoms with Crippen LogP contribution in [0.1, 0.15) is 10.5 Å². The zero-order valence-corrected chi connectivity index (χ0v) is 7.15. The maximum absolute atomic E-state index is 11.2. The van der Waals surface area contributed by atoms with E-state index in [1.807, 2.05) is 0 Å². The Morgan fingerprint density at radius 2 is 2.50 bits per heavy atom. The lowest BCUT2D eigenvalue weighted by Crippen LogP contribution is -2.26. The van der Waals surface area contributed by atoms with Gasteiger partial charge in [-0.1, -0.05) is 5.11 Å². The smallest absolute Gasteiger partial charge is 0.323 e. The molecule has 0 aliphatic rings. The maximum atomic E-state index is 11.2. The van der Waals surface area contributed by atoms with Crippen LogP contribution in [0.2, 0.25) is 0 Å². The van der Waals surface area contributed by atoms with E-state index in [1.165, 1.54) is 6.20 Å². The molecule has 0 radical (unpaired) electrons. The zero-order chi connectivity index (χ0) is 10.4. The first-order valence-electron chi connectivity index (χ1n) is 3.81. The fraction of sp³-hybridized carbons (Fsp3) is 0.333. The van der Waals surface area contributed by atoms with Gasteiger partial charge in [0.05, 0.1) is 0 Å². The molecular weight excluding hydrogens is 188 g/mol. The maximum Gasteiger partial charge on any atom is 0.323 e. The van der Waals surface area contributed by atoms with E-state index in [-0.39, 0.29) is 18.8 Å². The first-order valence-corrected chi connectivity index (χ1v) is 3.81. The molecule has 0 bridgehead atoms. The quantitative estimate of drug-likeness (QED) is 0.265. The Balaban J connectivity index is 2.43. The molecule has 0 saturated heterocycles. The van der Waals surface area contributed by atoms with Crippen molar-refractivity contribution in [3.8, 4) is 0 Å². The Morgan fingerprint density at radius 3 is 3.07 bits per heavy atom. The lowest BCUT2D eigenvalue weighted by molar-refractivity contribution is 0.0950. The van der Waals surface area contributed by atoms with E-state index in [1.54, 1.807) is 0 Å². The predicted octanol–water partition coefficient (Wildman–Crippen LogP) is -0.257. The molecule has 1 aromatic heterocycles. The summed E-state index contributed by atoms with van der Waals surface area (Å²) in [6.07, 6.45) is 1.27. The Kier molecular flexibility index (Phi) is 3.33. The largest absolute Gasteiger partial charge is 0.351 e. The Hall–Kier alpha value is -2.21. The number of amides is 1. The van der Waals surface area contributed by atoms with Gasteiger partial charge in [-0.15, -0.1) is 0 Å². The van der Waals surface area contributed by atoms with Crippen LogP contribution in [-0.4, -0.2) is 29.0 Å². The van der Waals surface area contributed by atoms with Crippen LogP contribution >= 0.6 is 0 Å². The molecule has 3 N–H and O–H groups in total. The summed E-state index contributed by atoms with van der Waals surface area (Å²) in [5.41, 5.74) is 7.65. The van der Waals surface area contributed by atoms with Crippen LogP contribution < -0.4 is 11.0 Å². The number of nitrogens with zero attached hydrogens (tertiary/aromatic N) is 3. The number of aromatic nitrogens is 2. The third kappa shape index (κ3) is 2.68. The molecule has 14 heavy (non-hydrogen) atoms. The Bertz CT molecular complexity index is 412. The first-order chi connectivity index (χ1) is 6.74. The lowest BCUT2D eigenvalue weighted by Gasteiger charge is -1.98. The molecule has 0 fully saturated rings. The monoisotopic (exact) mass is 196 g/mol. The SMILES string of the molecule is [N-]=[N+]=NCCNC(=O)c1c[nH]c(=O)[nH]1. The van der Waals surface area contributed by atoms with Crippen LogP contribution in [0, 0.1) is 0 Å². The van der Waals surface area contributed by atoms with Gasteiger partial charge in [0, 0.05) is 24.2 Å². The molecule has 8 nitrogen and oxygen atoms in total. The van der Waals surface area contributed by atoms with Crippen molar-refractivity contribution < 1.29 is 4.79 Å². The highest BCUT2D eigenvalue weighted by Crippen LogP contribution is 1.86. The fourth-order valence-corrected chi connectivity index (χ4v) is 0.814. The normalized spacial score (nSPS) is 9.14. The second-order valence-corrected chi connectivity index (χ2v) is 2.37. The van der Waals surface area contributed by atoms with Crippen LogP contribution in [-0.2, 0) is 0 Å². The van der Waals surface area contributed by atoms with Crippen molar-refractivity contribution in [2.24, 2.45) is 5.11 Å². The van der Waals surface area contributed by atoms with Crippen LogP contribution in [0.4, 0.5) is 0 Å². The highest BCUT2D eigenvalue weighted by atomic mass is 16.2. The van der Waals surface area contributed by atoms with Gasteiger partial charge in [0.15, 0.2) is 0 Å². The summed E-state index contributed by atoms with van der Waals surface area (Å²) in [5.74, 6) is -0.420. The molecular formula is C6H8N6O2. The van der Waals surface area contributed by atoms with Crippen LogP contribution in [0.5, 0.6) is 0 Å². The van der Waals surface area contributed by atoms with Gasteiger partial charge in [-0.2, -0.15) is 0 Å². The van der Waals surface area contributed by atoms with Crippen molar-refractivity contribution in [1.82, 2.24) is 15.3 Å². The van der Waals surface area contributed by atoms with Gasteiger partial charge in [0.1, 0.15) is 5.69 Å². The number of imidazole rings is 1. The average Bonchev–Trinajstić information content (AvgIpc) is 2.59. The standard InChI is InChI=1S/C6H8N6O2/c7-12-10-2-1-8-5(13)4-3-9-6(14)11-4/h3H,1-2H2,(H,8,13)(H2,9,11,14). The minimum Gasteiger partial charge on any atom is -0.351 e. The molecule has 0 unspecified atom stereocenters. The number of carbonyl (C=O) groups excluding carboxylic acids is 1. The molecule has 0 atom stereocenters. The number of rotatable bonds is 4. The van der Waals surface area contributed by atoms with Crippen molar-refractivity contribution in [2.45, 2.75) is 0 Å².